The number of carbonyl (C=O) groups is 2. The Hall–Kier alpha value is -2.04. The lowest BCUT2D eigenvalue weighted by Gasteiger charge is -2.31. The summed E-state index contributed by atoms with van der Waals surface area (Å²) >= 11 is 0. The number of hydrogen-bond donors (Lipinski definition) is 1. The predicted octanol–water partition coefficient (Wildman–Crippen LogP) is 1.10. The standard InChI is InChI=1S/C14H18N2O3/c1-19-13(17)7-9-16-8-3-5-10-11(14(15)18)4-2-6-12(10)16/h2,4,6H,3,5,7-9H2,1H3,(H2,15,18). The zero-order valence-corrected chi connectivity index (χ0v) is 11.0. The lowest BCUT2D eigenvalue weighted by Crippen LogP contribution is -2.32. The van der Waals surface area contributed by atoms with E-state index in [9.17, 15) is 9.59 Å². The van der Waals surface area contributed by atoms with Gasteiger partial charge in [0.15, 0.2) is 0 Å². The quantitative estimate of drug-likeness (QED) is 0.825. The average molecular weight is 262 g/mol. The fourth-order valence-corrected chi connectivity index (χ4v) is 2.49. The smallest absolute Gasteiger partial charge is 0.307 e. The Morgan fingerprint density at radius 1 is 1.42 bits per heavy atom. The van der Waals surface area contributed by atoms with Crippen LogP contribution in [-0.2, 0) is 16.0 Å². The van der Waals surface area contributed by atoms with Crippen LogP contribution in [0.5, 0.6) is 0 Å². The van der Waals surface area contributed by atoms with Crippen LogP contribution in [0.3, 0.4) is 0 Å². The van der Waals surface area contributed by atoms with E-state index in [-0.39, 0.29) is 5.97 Å². The number of nitrogens with zero attached hydrogens (tertiary/aromatic N) is 1. The molecule has 0 bridgehead atoms. The Balaban J connectivity index is 2.22. The van der Waals surface area contributed by atoms with E-state index < -0.39 is 5.91 Å². The van der Waals surface area contributed by atoms with E-state index in [4.69, 9.17) is 5.73 Å². The van der Waals surface area contributed by atoms with Crippen molar-refractivity contribution in [3.63, 3.8) is 0 Å². The molecule has 0 radical (unpaired) electrons. The minimum atomic E-state index is -0.397. The number of benzene rings is 1. The van der Waals surface area contributed by atoms with Gasteiger partial charge < -0.3 is 15.4 Å². The number of methoxy groups -OCH3 is 1. The largest absolute Gasteiger partial charge is 0.469 e. The number of hydrogen-bond acceptors (Lipinski definition) is 4. The van der Waals surface area contributed by atoms with Crippen molar-refractivity contribution in [2.24, 2.45) is 5.73 Å². The van der Waals surface area contributed by atoms with Crippen molar-refractivity contribution in [1.82, 2.24) is 0 Å². The van der Waals surface area contributed by atoms with Crippen molar-refractivity contribution in [3.8, 4) is 0 Å². The summed E-state index contributed by atoms with van der Waals surface area (Å²) in [5.41, 5.74) is 7.98. The molecule has 0 aliphatic carbocycles. The molecule has 19 heavy (non-hydrogen) atoms. The average Bonchev–Trinajstić information content (AvgIpc) is 2.43. The summed E-state index contributed by atoms with van der Waals surface area (Å²) in [5.74, 6) is -0.621. The van der Waals surface area contributed by atoms with Gasteiger partial charge in [-0.2, -0.15) is 0 Å². The summed E-state index contributed by atoms with van der Waals surface area (Å²) in [6.45, 7) is 1.48. The van der Waals surface area contributed by atoms with E-state index in [1.807, 2.05) is 12.1 Å². The maximum Gasteiger partial charge on any atom is 0.307 e. The zero-order valence-electron chi connectivity index (χ0n) is 11.0. The molecule has 0 saturated carbocycles. The number of carbonyl (C=O) groups excluding carboxylic acids is 2. The molecular formula is C14H18N2O3. The van der Waals surface area contributed by atoms with Crippen LogP contribution in [0.4, 0.5) is 5.69 Å². The summed E-state index contributed by atoms with van der Waals surface area (Å²) in [6, 6.07) is 5.55. The lowest BCUT2D eigenvalue weighted by atomic mass is 9.96. The molecule has 0 unspecified atom stereocenters. The highest BCUT2D eigenvalue weighted by atomic mass is 16.5. The van der Waals surface area contributed by atoms with Gasteiger partial charge in [-0.1, -0.05) is 6.07 Å². The molecule has 1 aliphatic rings. The molecular weight excluding hydrogens is 244 g/mol. The van der Waals surface area contributed by atoms with Crippen molar-refractivity contribution >= 4 is 17.6 Å². The first-order chi connectivity index (χ1) is 9.13. The Labute approximate surface area is 112 Å². The Morgan fingerprint density at radius 3 is 2.89 bits per heavy atom. The van der Waals surface area contributed by atoms with Crippen molar-refractivity contribution in [2.45, 2.75) is 19.3 Å². The summed E-state index contributed by atoms with van der Waals surface area (Å²) < 4.78 is 4.65. The number of esters is 1. The van der Waals surface area contributed by atoms with E-state index >= 15 is 0 Å². The summed E-state index contributed by atoms with van der Waals surface area (Å²) in [5, 5.41) is 0. The number of amides is 1. The van der Waals surface area contributed by atoms with E-state index in [0.717, 1.165) is 30.6 Å². The molecule has 0 spiro atoms. The third-order valence-electron chi connectivity index (χ3n) is 3.43. The molecule has 5 nitrogen and oxygen atoms in total. The lowest BCUT2D eigenvalue weighted by molar-refractivity contribution is -0.140. The summed E-state index contributed by atoms with van der Waals surface area (Å²) in [7, 11) is 1.39. The fraction of sp³-hybridized carbons (Fsp3) is 0.429. The molecule has 0 saturated heterocycles. The van der Waals surface area contributed by atoms with Gasteiger partial charge in [0.25, 0.3) is 0 Å². The van der Waals surface area contributed by atoms with Gasteiger partial charge in [0.1, 0.15) is 0 Å². The maximum absolute atomic E-state index is 11.4. The van der Waals surface area contributed by atoms with Crippen LogP contribution in [0, 0.1) is 0 Å². The van der Waals surface area contributed by atoms with Crippen LogP contribution < -0.4 is 10.6 Å². The van der Waals surface area contributed by atoms with Crippen molar-refractivity contribution in [1.29, 1.82) is 0 Å². The Bertz CT molecular complexity index is 499. The number of nitrogens with two attached hydrogens (primary N) is 1. The molecule has 1 aromatic rings. The Morgan fingerprint density at radius 2 is 2.21 bits per heavy atom. The van der Waals surface area contributed by atoms with Gasteiger partial charge in [0, 0.05) is 24.3 Å². The second-order valence-electron chi connectivity index (χ2n) is 4.58. The van der Waals surface area contributed by atoms with E-state index in [2.05, 4.69) is 9.64 Å². The van der Waals surface area contributed by atoms with Crippen LogP contribution in [0.2, 0.25) is 0 Å². The maximum atomic E-state index is 11.4. The zero-order chi connectivity index (χ0) is 13.8. The Kier molecular flexibility index (Phi) is 4.04. The molecule has 1 aliphatic heterocycles. The number of fused-ring (bicyclic) bond motifs is 1. The number of rotatable bonds is 4. The molecule has 1 aromatic carbocycles. The number of ether oxygens (including phenoxy) is 1. The van der Waals surface area contributed by atoms with E-state index in [1.165, 1.54) is 7.11 Å². The second-order valence-corrected chi connectivity index (χ2v) is 4.58. The molecule has 1 heterocycles. The van der Waals surface area contributed by atoms with Gasteiger partial charge in [0.2, 0.25) is 5.91 Å². The first-order valence-corrected chi connectivity index (χ1v) is 6.37. The topological polar surface area (TPSA) is 72.6 Å². The monoisotopic (exact) mass is 262 g/mol. The SMILES string of the molecule is COC(=O)CCN1CCCc2c(C(N)=O)cccc21. The molecule has 2 N–H and O–H groups in total. The molecule has 0 fully saturated rings. The highest BCUT2D eigenvalue weighted by Gasteiger charge is 2.21. The van der Waals surface area contributed by atoms with E-state index in [0.29, 0.717) is 18.5 Å². The second kappa shape index (κ2) is 5.73. The molecule has 2 rings (SSSR count). The van der Waals surface area contributed by atoms with Crippen LogP contribution in [0.1, 0.15) is 28.8 Å². The first kappa shape index (κ1) is 13.4. The highest BCUT2D eigenvalue weighted by Crippen LogP contribution is 2.29. The van der Waals surface area contributed by atoms with Gasteiger partial charge in [-0.25, -0.2) is 0 Å². The molecule has 0 aromatic heterocycles. The third-order valence-corrected chi connectivity index (χ3v) is 3.43. The van der Waals surface area contributed by atoms with Crippen LogP contribution in [0.15, 0.2) is 18.2 Å². The molecule has 1 amide bonds. The first-order valence-electron chi connectivity index (χ1n) is 6.37. The third kappa shape index (κ3) is 2.86. The molecule has 102 valence electrons. The number of primary amides is 1. The van der Waals surface area contributed by atoms with Gasteiger partial charge in [-0.15, -0.1) is 0 Å². The number of anilines is 1. The van der Waals surface area contributed by atoms with Gasteiger partial charge in [-0.3, -0.25) is 9.59 Å². The van der Waals surface area contributed by atoms with Crippen LogP contribution >= 0.6 is 0 Å². The fourth-order valence-electron chi connectivity index (χ4n) is 2.49. The van der Waals surface area contributed by atoms with Crippen LogP contribution in [0.25, 0.3) is 0 Å². The van der Waals surface area contributed by atoms with Gasteiger partial charge >= 0.3 is 5.97 Å². The van der Waals surface area contributed by atoms with Crippen molar-refractivity contribution < 1.29 is 14.3 Å². The highest BCUT2D eigenvalue weighted by molar-refractivity contribution is 5.96. The molecule has 5 heteroatoms. The van der Waals surface area contributed by atoms with Gasteiger partial charge in [-0.05, 0) is 30.5 Å². The normalized spacial score (nSPS) is 13.8. The molecule has 0 atom stereocenters. The van der Waals surface area contributed by atoms with Gasteiger partial charge in [0.05, 0.1) is 13.5 Å². The minimum Gasteiger partial charge on any atom is -0.469 e. The van der Waals surface area contributed by atoms with Crippen LogP contribution in [-0.4, -0.2) is 32.1 Å². The van der Waals surface area contributed by atoms with Crippen molar-refractivity contribution in [3.05, 3.63) is 29.3 Å². The summed E-state index contributed by atoms with van der Waals surface area (Å²) in [4.78, 5) is 24.8. The van der Waals surface area contributed by atoms with Crippen molar-refractivity contribution in [2.75, 3.05) is 25.1 Å². The minimum absolute atomic E-state index is 0.224. The predicted molar refractivity (Wildman–Crippen MR) is 72.1 cm³/mol. The van der Waals surface area contributed by atoms with E-state index in [1.54, 1.807) is 6.07 Å². The summed E-state index contributed by atoms with van der Waals surface area (Å²) in [6.07, 6.45) is 2.15.